The first kappa shape index (κ1) is 11.6. The van der Waals surface area contributed by atoms with E-state index in [0.29, 0.717) is 10.9 Å². The number of carbonyl (C=O) groups is 1. The van der Waals surface area contributed by atoms with Gasteiger partial charge in [0.25, 0.3) is 0 Å². The first-order chi connectivity index (χ1) is 7.75. The summed E-state index contributed by atoms with van der Waals surface area (Å²) in [6, 6.07) is 3.93. The number of rotatable bonds is 4. The number of carboxylic acid groups (broad SMARTS) is 1. The maximum absolute atomic E-state index is 10.7. The summed E-state index contributed by atoms with van der Waals surface area (Å²) in [5.41, 5.74) is 0. The van der Waals surface area contributed by atoms with Crippen LogP contribution in [0.4, 0.5) is 0 Å². The molecule has 0 bridgehead atoms. The molecule has 0 amide bonds. The molecule has 0 aliphatic carbocycles. The molecule has 4 nitrogen and oxygen atoms in total. The van der Waals surface area contributed by atoms with Crippen LogP contribution in [-0.4, -0.2) is 30.3 Å². The summed E-state index contributed by atoms with van der Waals surface area (Å²) in [5.74, 6) is -0.850. The summed E-state index contributed by atoms with van der Waals surface area (Å²) in [6.45, 7) is 2.35. The Morgan fingerprint density at radius 3 is 3.12 bits per heavy atom. The minimum absolute atomic E-state index is 0.400. The second kappa shape index (κ2) is 5.43. The highest BCUT2D eigenvalue weighted by Gasteiger charge is 2.13. The smallest absolute Gasteiger partial charge is 0.345 e. The third-order valence-corrected chi connectivity index (χ3v) is 3.67. The number of hydrogen-bond donors (Lipinski definition) is 2. The zero-order valence-corrected chi connectivity index (χ0v) is 9.76. The van der Waals surface area contributed by atoms with Crippen molar-refractivity contribution in [3.63, 3.8) is 0 Å². The lowest BCUT2D eigenvalue weighted by molar-refractivity contribution is 0.0698. The van der Waals surface area contributed by atoms with Crippen LogP contribution in [0, 0.1) is 0 Å². The van der Waals surface area contributed by atoms with E-state index in [0.717, 1.165) is 37.5 Å². The molecule has 1 aliphatic heterocycles. The van der Waals surface area contributed by atoms with Crippen LogP contribution in [0.15, 0.2) is 12.1 Å². The minimum Gasteiger partial charge on any atom is -0.477 e. The Kier molecular flexibility index (Phi) is 3.93. The molecular weight excluding hydrogens is 226 g/mol. The zero-order chi connectivity index (χ0) is 11.4. The summed E-state index contributed by atoms with van der Waals surface area (Å²) < 4.78 is 5.36. The fourth-order valence-corrected chi connectivity index (χ4v) is 2.53. The van der Waals surface area contributed by atoms with Gasteiger partial charge < -0.3 is 15.2 Å². The van der Waals surface area contributed by atoms with E-state index in [1.807, 2.05) is 6.07 Å². The fourth-order valence-electron chi connectivity index (χ4n) is 1.73. The Morgan fingerprint density at radius 1 is 1.62 bits per heavy atom. The highest BCUT2D eigenvalue weighted by atomic mass is 32.1. The molecule has 88 valence electrons. The summed E-state index contributed by atoms with van der Waals surface area (Å²) >= 11 is 1.33. The molecule has 16 heavy (non-hydrogen) atoms. The summed E-state index contributed by atoms with van der Waals surface area (Å²) in [7, 11) is 0. The van der Waals surface area contributed by atoms with Crippen molar-refractivity contribution in [3.05, 3.63) is 21.9 Å². The Morgan fingerprint density at radius 2 is 2.50 bits per heavy atom. The maximum Gasteiger partial charge on any atom is 0.345 e. The minimum atomic E-state index is -0.850. The van der Waals surface area contributed by atoms with Gasteiger partial charge in [0.1, 0.15) is 4.88 Å². The van der Waals surface area contributed by atoms with E-state index >= 15 is 0 Å². The van der Waals surface area contributed by atoms with Crippen molar-refractivity contribution in [3.8, 4) is 0 Å². The Hall–Kier alpha value is -0.910. The first-order valence-corrected chi connectivity index (χ1v) is 6.20. The third-order valence-electron chi connectivity index (χ3n) is 2.60. The SMILES string of the molecule is O=C(O)c1ccc(CNC2CCCOC2)s1. The number of hydrogen-bond acceptors (Lipinski definition) is 4. The number of nitrogens with one attached hydrogen (secondary N) is 1. The van der Waals surface area contributed by atoms with Gasteiger partial charge in [-0.25, -0.2) is 4.79 Å². The van der Waals surface area contributed by atoms with Crippen LogP contribution in [-0.2, 0) is 11.3 Å². The molecule has 1 aromatic heterocycles. The molecule has 1 saturated heterocycles. The van der Waals surface area contributed by atoms with Gasteiger partial charge in [0, 0.05) is 24.1 Å². The normalized spacial score (nSPS) is 20.9. The average molecular weight is 241 g/mol. The molecule has 5 heteroatoms. The molecule has 1 unspecified atom stereocenters. The van der Waals surface area contributed by atoms with Crippen LogP contribution in [0.3, 0.4) is 0 Å². The molecular formula is C11H15NO3S. The summed E-state index contributed by atoms with van der Waals surface area (Å²) in [6.07, 6.45) is 2.24. The highest BCUT2D eigenvalue weighted by Crippen LogP contribution is 2.17. The van der Waals surface area contributed by atoms with Gasteiger partial charge >= 0.3 is 5.97 Å². The van der Waals surface area contributed by atoms with Crippen LogP contribution in [0.25, 0.3) is 0 Å². The molecule has 0 spiro atoms. The van der Waals surface area contributed by atoms with Crippen molar-refractivity contribution in [1.29, 1.82) is 0 Å². The molecule has 1 atom stereocenters. The van der Waals surface area contributed by atoms with Gasteiger partial charge in [-0.05, 0) is 25.0 Å². The van der Waals surface area contributed by atoms with Gasteiger partial charge in [0.05, 0.1) is 6.61 Å². The molecule has 2 rings (SSSR count). The lowest BCUT2D eigenvalue weighted by atomic mass is 10.1. The maximum atomic E-state index is 10.7. The van der Waals surface area contributed by atoms with E-state index < -0.39 is 5.97 Å². The third kappa shape index (κ3) is 3.04. The highest BCUT2D eigenvalue weighted by molar-refractivity contribution is 7.13. The van der Waals surface area contributed by atoms with E-state index in [-0.39, 0.29) is 0 Å². The molecule has 0 radical (unpaired) electrons. The quantitative estimate of drug-likeness (QED) is 0.842. The van der Waals surface area contributed by atoms with Crippen molar-refractivity contribution in [2.24, 2.45) is 0 Å². The predicted molar refractivity (Wildman–Crippen MR) is 62.0 cm³/mol. The Labute approximate surface area is 98.2 Å². The van der Waals surface area contributed by atoms with Crippen LogP contribution in [0.1, 0.15) is 27.4 Å². The van der Waals surface area contributed by atoms with Crippen molar-refractivity contribution in [2.75, 3.05) is 13.2 Å². The number of thiophene rings is 1. The lowest BCUT2D eigenvalue weighted by Crippen LogP contribution is -2.36. The second-order valence-corrected chi connectivity index (χ2v) is 5.03. The van der Waals surface area contributed by atoms with Gasteiger partial charge in [0.2, 0.25) is 0 Å². The summed E-state index contributed by atoms with van der Waals surface area (Å²) in [4.78, 5) is 12.1. The topological polar surface area (TPSA) is 58.6 Å². The number of aromatic carboxylic acids is 1. The second-order valence-electron chi connectivity index (χ2n) is 3.87. The van der Waals surface area contributed by atoms with Gasteiger partial charge in [-0.3, -0.25) is 0 Å². The first-order valence-electron chi connectivity index (χ1n) is 5.39. The summed E-state index contributed by atoms with van der Waals surface area (Å²) in [5, 5.41) is 12.2. The van der Waals surface area contributed by atoms with Crippen molar-refractivity contribution in [1.82, 2.24) is 5.32 Å². The van der Waals surface area contributed by atoms with Crippen molar-refractivity contribution >= 4 is 17.3 Å². The Balaban J connectivity index is 1.81. The molecule has 0 saturated carbocycles. The van der Waals surface area contributed by atoms with Crippen LogP contribution in [0.5, 0.6) is 0 Å². The van der Waals surface area contributed by atoms with Crippen LogP contribution < -0.4 is 5.32 Å². The van der Waals surface area contributed by atoms with Gasteiger partial charge in [-0.1, -0.05) is 0 Å². The van der Waals surface area contributed by atoms with Gasteiger partial charge in [-0.2, -0.15) is 0 Å². The molecule has 0 aromatic carbocycles. The largest absolute Gasteiger partial charge is 0.477 e. The predicted octanol–water partition coefficient (Wildman–Crippen LogP) is 1.71. The zero-order valence-electron chi connectivity index (χ0n) is 8.94. The molecule has 1 aliphatic rings. The average Bonchev–Trinajstić information content (AvgIpc) is 2.76. The van der Waals surface area contributed by atoms with E-state index in [9.17, 15) is 4.79 Å². The van der Waals surface area contributed by atoms with Crippen LogP contribution in [0.2, 0.25) is 0 Å². The van der Waals surface area contributed by atoms with Gasteiger partial charge in [-0.15, -0.1) is 11.3 Å². The van der Waals surface area contributed by atoms with Crippen molar-refractivity contribution < 1.29 is 14.6 Å². The standard InChI is InChI=1S/C11H15NO3S/c13-11(14)10-4-3-9(16-10)6-12-8-2-1-5-15-7-8/h3-4,8,12H,1-2,5-7H2,(H,13,14). The number of ether oxygens (including phenoxy) is 1. The number of carboxylic acids is 1. The van der Waals surface area contributed by atoms with Gasteiger partial charge in [0.15, 0.2) is 0 Å². The monoisotopic (exact) mass is 241 g/mol. The molecule has 1 aromatic rings. The van der Waals surface area contributed by atoms with E-state index in [2.05, 4.69) is 5.32 Å². The Bertz CT molecular complexity index is 358. The molecule has 1 fully saturated rings. The molecule has 2 heterocycles. The van der Waals surface area contributed by atoms with E-state index in [4.69, 9.17) is 9.84 Å². The van der Waals surface area contributed by atoms with E-state index in [1.165, 1.54) is 11.3 Å². The fraction of sp³-hybridized carbons (Fsp3) is 0.545. The van der Waals surface area contributed by atoms with Crippen molar-refractivity contribution in [2.45, 2.75) is 25.4 Å². The lowest BCUT2D eigenvalue weighted by Gasteiger charge is -2.22. The molecule has 2 N–H and O–H groups in total. The van der Waals surface area contributed by atoms with Crippen LogP contribution >= 0.6 is 11.3 Å². The van der Waals surface area contributed by atoms with E-state index in [1.54, 1.807) is 6.07 Å².